The summed E-state index contributed by atoms with van der Waals surface area (Å²) in [7, 11) is -0.408. The fourth-order valence-electron chi connectivity index (χ4n) is 18.8. The first kappa shape index (κ1) is 72.0. The van der Waals surface area contributed by atoms with Gasteiger partial charge in [-0.3, -0.25) is 8.80 Å². The molecule has 1 fully saturated rings. The van der Waals surface area contributed by atoms with Crippen LogP contribution in [0, 0.1) is 0 Å². The number of hydrogen-bond acceptors (Lipinski definition) is 6. The van der Waals surface area contributed by atoms with Gasteiger partial charge in [0.25, 0.3) is 0 Å². The summed E-state index contributed by atoms with van der Waals surface area (Å²) in [5.41, 5.74) is 28.9. The largest absolute Gasteiger partial charge is 0.494 e. The van der Waals surface area contributed by atoms with Crippen molar-refractivity contribution in [2.45, 2.75) is 49.7 Å². The monoisotopic (exact) mass is 1580 g/mol. The average Bonchev–Trinajstić information content (AvgIpc) is 1.52. The summed E-state index contributed by atoms with van der Waals surface area (Å²) in [5.74, 6) is 0. The number of aromatic nitrogens is 6. The first-order chi connectivity index (χ1) is 58.0. The van der Waals surface area contributed by atoms with Crippen LogP contribution in [0.25, 0.3) is 133 Å². The second-order valence-electron chi connectivity index (χ2n) is 31.8. The Balaban J connectivity index is 0.000000124. The van der Waals surface area contributed by atoms with Crippen LogP contribution in [0.3, 0.4) is 0 Å². The van der Waals surface area contributed by atoms with E-state index in [1.165, 1.54) is 77.5 Å². The second-order valence-corrected chi connectivity index (χ2v) is 32.5. The molecule has 3 aliphatic rings. The smallest absolute Gasteiger partial charge is 0.399 e. The van der Waals surface area contributed by atoms with Crippen LogP contribution in [-0.4, -0.2) is 47.1 Å². The number of rotatable bonds is 10. The van der Waals surface area contributed by atoms with Crippen molar-refractivity contribution in [1.82, 2.24) is 28.7 Å². The van der Waals surface area contributed by atoms with E-state index in [2.05, 4.69) is 399 Å². The highest BCUT2D eigenvalue weighted by atomic mass is 79.9. The van der Waals surface area contributed by atoms with E-state index in [0.29, 0.717) is 0 Å². The quantitative estimate of drug-likeness (QED) is 0.100. The van der Waals surface area contributed by atoms with Gasteiger partial charge in [0, 0.05) is 72.5 Å². The van der Waals surface area contributed by atoms with Crippen molar-refractivity contribution in [3.63, 3.8) is 0 Å². The van der Waals surface area contributed by atoms with Crippen LogP contribution in [-0.2, 0) is 20.1 Å². The highest BCUT2D eigenvalue weighted by Gasteiger charge is 2.52. The number of nitrogens with zero attached hydrogens (tertiary/aromatic N) is 6. The Hall–Kier alpha value is -13.7. The zero-order chi connectivity index (χ0) is 79.3. The highest BCUT2D eigenvalue weighted by Crippen LogP contribution is 2.61. The molecule has 6 aromatic heterocycles. The molecule has 0 saturated carbocycles. The maximum Gasteiger partial charge on any atom is 0.494 e. The minimum absolute atomic E-state index is 0.391. The van der Waals surface area contributed by atoms with E-state index in [1.54, 1.807) is 0 Å². The number of para-hydroxylation sites is 2. The van der Waals surface area contributed by atoms with Crippen LogP contribution in [0.4, 0.5) is 0 Å². The number of halogens is 1. The van der Waals surface area contributed by atoms with Crippen LogP contribution in [0.5, 0.6) is 0 Å². The Morgan fingerprint density at radius 2 is 0.627 bits per heavy atom. The molecule has 562 valence electrons. The lowest BCUT2D eigenvalue weighted by Crippen LogP contribution is -2.41. The summed E-state index contributed by atoms with van der Waals surface area (Å²) in [6.07, 6.45) is 4.10. The Labute approximate surface area is 694 Å². The van der Waals surface area contributed by atoms with Gasteiger partial charge in [-0.1, -0.05) is 352 Å². The van der Waals surface area contributed by atoms with Gasteiger partial charge in [-0.05, 0) is 152 Å². The third kappa shape index (κ3) is 11.6. The van der Waals surface area contributed by atoms with Crippen LogP contribution in [0.15, 0.2) is 405 Å². The number of imidazole rings is 2. The van der Waals surface area contributed by atoms with Gasteiger partial charge >= 0.3 is 7.12 Å². The Kier molecular flexibility index (Phi) is 17.6. The van der Waals surface area contributed by atoms with E-state index < -0.39 is 29.2 Å². The van der Waals surface area contributed by atoms with Gasteiger partial charge < -0.3 is 9.31 Å². The topological polar surface area (TPSA) is 78.8 Å². The van der Waals surface area contributed by atoms with E-state index in [-0.39, 0.29) is 0 Å². The maximum absolute atomic E-state index is 6.36. The molecule has 0 spiro atoms. The zero-order valence-electron chi connectivity index (χ0n) is 65.6. The molecule has 118 heavy (non-hydrogen) atoms. The van der Waals surface area contributed by atoms with Crippen molar-refractivity contribution in [2.75, 3.05) is 0 Å². The molecule has 0 amide bonds. The van der Waals surface area contributed by atoms with E-state index in [9.17, 15) is 0 Å². The number of benzene rings is 14. The summed E-state index contributed by atoms with van der Waals surface area (Å²) >= 11 is 3.59. The van der Waals surface area contributed by atoms with Crippen molar-refractivity contribution < 1.29 is 9.31 Å². The van der Waals surface area contributed by atoms with Crippen LogP contribution in [0.1, 0.15) is 72.2 Å². The van der Waals surface area contributed by atoms with Crippen LogP contribution < -0.4 is 5.46 Å². The predicted octanol–water partition coefficient (Wildman–Crippen LogP) is 25.9. The fourth-order valence-corrected chi connectivity index (χ4v) is 19.4. The molecule has 23 rings (SSSR count). The lowest BCUT2D eigenvalue weighted by atomic mass is 9.67. The number of pyridine rings is 4. The first-order valence-electron chi connectivity index (χ1n) is 40.4. The summed E-state index contributed by atoms with van der Waals surface area (Å²) in [4.78, 5) is 20.4. The molecule has 0 unspecified atom stereocenters. The van der Waals surface area contributed by atoms with E-state index in [0.717, 1.165) is 110 Å². The predicted molar refractivity (Wildman–Crippen MR) is 488 cm³/mol. The minimum Gasteiger partial charge on any atom is -0.399 e. The third-order valence-corrected chi connectivity index (χ3v) is 25.6. The zero-order valence-corrected chi connectivity index (χ0v) is 67.1. The van der Waals surface area contributed by atoms with E-state index in [4.69, 9.17) is 24.3 Å². The number of fused-ring (bicyclic) bond motifs is 16. The van der Waals surface area contributed by atoms with Gasteiger partial charge in [-0.25, -0.2) is 19.9 Å². The summed E-state index contributed by atoms with van der Waals surface area (Å²) < 4.78 is 17.9. The first-order valence-corrected chi connectivity index (χ1v) is 41.2. The molecule has 0 atom stereocenters. The molecule has 1 aliphatic heterocycles. The molecule has 0 radical (unpaired) electrons. The summed E-state index contributed by atoms with van der Waals surface area (Å²) in [5, 5.41) is 7.09. The van der Waals surface area contributed by atoms with Crippen molar-refractivity contribution in [3.05, 3.63) is 450 Å². The van der Waals surface area contributed by atoms with Gasteiger partial charge in [0.1, 0.15) is 21.6 Å². The molecule has 8 nitrogen and oxygen atoms in total. The molecule has 0 N–H and O–H groups in total. The van der Waals surface area contributed by atoms with Crippen LogP contribution in [0.2, 0.25) is 0 Å². The molecule has 7 heterocycles. The van der Waals surface area contributed by atoms with Crippen molar-refractivity contribution >= 4 is 83.2 Å². The normalized spacial score (nSPS) is 14.3. The van der Waals surface area contributed by atoms with Crippen molar-refractivity contribution in [3.8, 4) is 78.5 Å². The molecule has 1 saturated heterocycles. The van der Waals surface area contributed by atoms with E-state index >= 15 is 0 Å². The van der Waals surface area contributed by atoms with Gasteiger partial charge in [0.2, 0.25) is 0 Å². The van der Waals surface area contributed by atoms with Gasteiger partial charge in [-0.15, -0.1) is 0 Å². The molecule has 0 bridgehead atoms. The Morgan fingerprint density at radius 1 is 0.280 bits per heavy atom. The number of hydrogen-bond donors (Lipinski definition) is 0. The molecule has 14 aromatic carbocycles. The molecule has 20 aromatic rings. The lowest BCUT2D eigenvalue weighted by Gasteiger charge is -2.34. The van der Waals surface area contributed by atoms with Crippen molar-refractivity contribution in [2.24, 2.45) is 0 Å². The summed E-state index contributed by atoms with van der Waals surface area (Å²) in [6.45, 7) is 8.36. The third-order valence-electron chi connectivity index (χ3n) is 24.8. The highest BCUT2D eigenvalue weighted by molar-refractivity contribution is 9.10. The van der Waals surface area contributed by atoms with Crippen LogP contribution >= 0.6 is 15.9 Å². The second kappa shape index (κ2) is 28.9. The van der Waals surface area contributed by atoms with Crippen molar-refractivity contribution in [1.29, 1.82) is 0 Å². The molecular weight excluding hydrogens is 1500 g/mol. The van der Waals surface area contributed by atoms with Gasteiger partial charge in [-0.2, -0.15) is 0 Å². The fraction of sp³-hybridized carbons (Fsp3) is 0.0741. The molecular formula is C108H78BBrN6O2. The SMILES string of the molecule is Brc1c(-c2ccccc2)nc2ccccn12.CC1(C)OB(c2ccc(-c3nc4ccccc4c4c5c(ccc34)C(c3ccccc3)(c3ccccc3)c3ccccc3-5)cc2)OC1(C)C.c1ccc(-c2nc3ccccn3c2-c2ccc(-c3nc4ccccc4c4c5c(ccc34)C(c3ccccc3)(c3ccccc3)c3ccccc3-5)cc2)cc1. The Bertz CT molecular complexity index is 7150. The lowest BCUT2D eigenvalue weighted by molar-refractivity contribution is 0.00578. The summed E-state index contributed by atoms with van der Waals surface area (Å²) in [6, 6.07) is 139. The molecule has 2 aliphatic carbocycles. The molecule has 10 heteroatoms. The van der Waals surface area contributed by atoms with E-state index in [1.807, 2.05) is 59.1 Å². The minimum atomic E-state index is -0.473. The van der Waals surface area contributed by atoms with Gasteiger partial charge in [0.15, 0.2) is 0 Å². The van der Waals surface area contributed by atoms with Gasteiger partial charge in [0.05, 0.1) is 55.8 Å². The maximum atomic E-state index is 6.36. The standard InChI is InChI=1S/C51H33N3.C44H36BNO2.C13H9BrN2/c1-4-16-34(17-5-1)49-50(54-33-15-14-26-45(54)53-49)36-29-27-35(28-30-36)48-41-31-32-43-47(46(41)40-23-11-13-25-44(40)52-48)39-22-10-12-24-42(39)51(43,37-18-6-2-7-19-37)38-20-8-3-9-21-38;1-42(2)43(3,4)48-45(47-42)32-25-23-29(24-26-32)41-35-27-28-37-40(39(35)34-20-12-14-22-38(34)46-41)33-19-11-13-21-36(33)44(37,30-15-7-5-8-16-30)31-17-9-6-10-18-31;14-13-12(10-6-2-1-3-7-10)15-11-8-4-5-9-16(11)13/h1-33H;5-28H,1-4H3;1-9H. The Morgan fingerprint density at radius 3 is 1.08 bits per heavy atom. The average molecular weight is 1580 g/mol.